The first-order chi connectivity index (χ1) is 10.9. The van der Waals surface area contributed by atoms with Crippen molar-refractivity contribution >= 4 is 23.0 Å². The van der Waals surface area contributed by atoms with Gasteiger partial charge in [-0.25, -0.2) is 0 Å². The first-order valence-corrected chi connectivity index (χ1v) is 8.62. The number of Topliss-reactive ketones (excluding diaryl/α,β-unsaturated/α-hetero) is 1. The van der Waals surface area contributed by atoms with Crippen LogP contribution >= 0.6 is 11.3 Å². The molecule has 2 rings (SSSR count). The van der Waals surface area contributed by atoms with E-state index in [4.69, 9.17) is 0 Å². The first kappa shape index (κ1) is 17.4. The van der Waals surface area contributed by atoms with Crippen LogP contribution < -0.4 is 5.32 Å². The SMILES string of the molecule is Cc1ccc(C(=O)CCC(=O)NCC(C)(C)c2ccccc2)s1. The molecule has 1 heterocycles. The van der Waals surface area contributed by atoms with Crippen LogP contribution in [0.25, 0.3) is 0 Å². The summed E-state index contributed by atoms with van der Waals surface area (Å²) < 4.78 is 0. The third-order valence-corrected chi connectivity index (χ3v) is 4.92. The Morgan fingerprint density at radius 3 is 2.35 bits per heavy atom. The maximum Gasteiger partial charge on any atom is 0.220 e. The number of thiophene rings is 1. The highest BCUT2D eigenvalue weighted by molar-refractivity contribution is 7.14. The molecule has 0 fully saturated rings. The smallest absolute Gasteiger partial charge is 0.220 e. The third-order valence-electron chi connectivity index (χ3n) is 3.88. The van der Waals surface area contributed by atoms with Gasteiger partial charge >= 0.3 is 0 Å². The quantitative estimate of drug-likeness (QED) is 0.777. The van der Waals surface area contributed by atoms with Gasteiger partial charge in [0.25, 0.3) is 0 Å². The molecule has 0 unspecified atom stereocenters. The lowest BCUT2D eigenvalue weighted by Gasteiger charge is -2.25. The van der Waals surface area contributed by atoms with Gasteiger partial charge < -0.3 is 5.32 Å². The van der Waals surface area contributed by atoms with E-state index in [1.807, 2.05) is 37.3 Å². The van der Waals surface area contributed by atoms with E-state index >= 15 is 0 Å². The zero-order valence-corrected chi connectivity index (χ0v) is 14.7. The molecule has 0 aliphatic rings. The Bertz CT molecular complexity index is 674. The van der Waals surface area contributed by atoms with E-state index < -0.39 is 0 Å². The number of hydrogen-bond donors (Lipinski definition) is 1. The standard InChI is InChI=1S/C19H23NO2S/c1-14-9-11-17(23-14)16(21)10-12-18(22)20-13-19(2,3)15-7-5-4-6-8-15/h4-9,11H,10,12-13H2,1-3H3,(H,20,22). The maximum absolute atomic E-state index is 12.0. The Labute approximate surface area is 141 Å². The topological polar surface area (TPSA) is 46.2 Å². The zero-order valence-electron chi connectivity index (χ0n) is 13.9. The molecular weight excluding hydrogens is 306 g/mol. The monoisotopic (exact) mass is 329 g/mol. The lowest BCUT2D eigenvalue weighted by atomic mass is 9.84. The molecule has 23 heavy (non-hydrogen) atoms. The Kier molecular flexibility index (Phi) is 5.72. The van der Waals surface area contributed by atoms with Crippen LogP contribution in [0.2, 0.25) is 0 Å². The molecule has 1 aromatic carbocycles. The highest BCUT2D eigenvalue weighted by Crippen LogP contribution is 2.22. The summed E-state index contributed by atoms with van der Waals surface area (Å²) in [6, 6.07) is 13.9. The van der Waals surface area contributed by atoms with E-state index in [9.17, 15) is 9.59 Å². The predicted octanol–water partition coefficient (Wildman–Crippen LogP) is 4.11. The summed E-state index contributed by atoms with van der Waals surface area (Å²) in [4.78, 5) is 25.9. The summed E-state index contributed by atoms with van der Waals surface area (Å²) in [5.74, 6) is -0.0313. The number of rotatable bonds is 7. The number of carbonyl (C=O) groups is 2. The van der Waals surface area contributed by atoms with Crippen LogP contribution in [0.5, 0.6) is 0 Å². The van der Waals surface area contributed by atoms with E-state index in [-0.39, 0.29) is 29.9 Å². The second kappa shape index (κ2) is 7.55. The van der Waals surface area contributed by atoms with Gasteiger partial charge in [0.1, 0.15) is 0 Å². The van der Waals surface area contributed by atoms with Crippen molar-refractivity contribution in [2.24, 2.45) is 0 Å². The Morgan fingerprint density at radius 2 is 1.74 bits per heavy atom. The van der Waals surface area contributed by atoms with E-state index in [2.05, 4.69) is 31.3 Å². The Balaban J connectivity index is 1.80. The van der Waals surface area contributed by atoms with Crippen molar-refractivity contribution in [1.29, 1.82) is 0 Å². The molecule has 0 saturated heterocycles. The van der Waals surface area contributed by atoms with Gasteiger partial charge in [-0.15, -0.1) is 11.3 Å². The fraction of sp³-hybridized carbons (Fsp3) is 0.368. The molecule has 122 valence electrons. The van der Waals surface area contributed by atoms with Crippen molar-refractivity contribution in [2.45, 2.75) is 39.0 Å². The van der Waals surface area contributed by atoms with Gasteiger partial charge in [0.2, 0.25) is 5.91 Å². The van der Waals surface area contributed by atoms with Gasteiger partial charge in [-0.3, -0.25) is 9.59 Å². The molecule has 3 nitrogen and oxygen atoms in total. The number of nitrogens with one attached hydrogen (secondary N) is 1. The average Bonchev–Trinajstić information content (AvgIpc) is 2.98. The summed E-state index contributed by atoms with van der Waals surface area (Å²) in [6.45, 7) is 6.73. The van der Waals surface area contributed by atoms with Gasteiger partial charge in [-0.2, -0.15) is 0 Å². The number of hydrogen-bond acceptors (Lipinski definition) is 3. The number of benzene rings is 1. The summed E-state index contributed by atoms with van der Waals surface area (Å²) in [5.41, 5.74) is 1.05. The normalized spacial score (nSPS) is 11.3. The zero-order chi connectivity index (χ0) is 16.9. The largest absolute Gasteiger partial charge is 0.355 e. The van der Waals surface area contributed by atoms with Crippen molar-refractivity contribution in [3.63, 3.8) is 0 Å². The van der Waals surface area contributed by atoms with E-state index in [0.29, 0.717) is 6.54 Å². The minimum atomic E-state index is -0.133. The van der Waals surface area contributed by atoms with Crippen LogP contribution in [0, 0.1) is 6.92 Å². The third kappa shape index (κ3) is 5.03. The summed E-state index contributed by atoms with van der Waals surface area (Å²) in [7, 11) is 0. The lowest BCUT2D eigenvalue weighted by molar-refractivity contribution is -0.121. The molecule has 2 aromatic rings. The molecular formula is C19H23NO2S. The number of ketones is 1. The van der Waals surface area contributed by atoms with E-state index in [1.54, 1.807) is 0 Å². The predicted molar refractivity (Wildman–Crippen MR) is 95.1 cm³/mol. The van der Waals surface area contributed by atoms with E-state index in [1.165, 1.54) is 16.9 Å². The molecule has 0 aliphatic heterocycles. The maximum atomic E-state index is 12.0. The van der Waals surface area contributed by atoms with Crippen molar-refractivity contribution < 1.29 is 9.59 Å². The highest BCUT2D eigenvalue weighted by atomic mass is 32.1. The molecule has 0 atom stereocenters. The molecule has 4 heteroatoms. The van der Waals surface area contributed by atoms with Gasteiger partial charge in [0.15, 0.2) is 5.78 Å². The van der Waals surface area contributed by atoms with Crippen molar-refractivity contribution in [3.05, 3.63) is 57.8 Å². The summed E-state index contributed by atoms with van der Waals surface area (Å²) in [6.07, 6.45) is 0.498. The molecule has 0 saturated carbocycles. The van der Waals surface area contributed by atoms with Gasteiger partial charge in [0, 0.05) is 29.7 Å². The van der Waals surface area contributed by atoms with Crippen molar-refractivity contribution in [2.75, 3.05) is 6.54 Å². The Hall–Kier alpha value is -1.94. The fourth-order valence-electron chi connectivity index (χ4n) is 2.33. The van der Waals surface area contributed by atoms with E-state index in [0.717, 1.165) is 9.75 Å². The highest BCUT2D eigenvalue weighted by Gasteiger charge is 2.21. The van der Waals surface area contributed by atoms with Crippen LogP contribution in [0.4, 0.5) is 0 Å². The van der Waals surface area contributed by atoms with Gasteiger partial charge in [-0.05, 0) is 24.6 Å². The molecule has 1 amide bonds. The molecule has 1 aromatic heterocycles. The average molecular weight is 329 g/mol. The molecule has 0 bridgehead atoms. The van der Waals surface area contributed by atoms with Crippen LogP contribution in [-0.4, -0.2) is 18.2 Å². The minimum absolute atomic E-state index is 0.0422. The Morgan fingerprint density at radius 1 is 1.04 bits per heavy atom. The molecule has 0 aliphatic carbocycles. The summed E-state index contributed by atoms with van der Waals surface area (Å²) in [5, 5.41) is 2.95. The number of amides is 1. The van der Waals surface area contributed by atoms with Gasteiger partial charge in [0.05, 0.1) is 4.88 Å². The number of carbonyl (C=O) groups excluding carboxylic acids is 2. The first-order valence-electron chi connectivity index (χ1n) is 7.80. The van der Waals surface area contributed by atoms with Gasteiger partial charge in [-0.1, -0.05) is 44.2 Å². The van der Waals surface area contributed by atoms with Crippen LogP contribution in [-0.2, 0) is 10.2 Å². The number of aryl methyl sites for hydroxylation is 1. The second-order valence-corrected chi connectivity index (χ2v) is 7.65. The van der Waals surface area contributed by atoms with Crippen LogP contribution in [0.1, 0.15) is 46.8 Å². The molecule has 0 spiro atoms. The van der Waals surface area contributed by atoms with Crippen LogP contribution in [0.3, 0.4) is 0 Å². The van der Waals surface area contributed by atoms with Crippen LogP contribution in [0.15, 0.2) is 42.5 Å². The molecule has 1 N–H and O–H groups in total. The second-order valence-electron chi connectivity index (χ2n) is 6.36. The van der Waals surface area contributed by atoms with Crippen molar-refractivity contribution in [3.8, 4) is 0 Å². The lowest BCUT2D eigenvalue weighted by Crippen LogP contribution is -2.36. The minimum Gasteiger partial charge on any atom is -0.355 e. The summed E-state index contributed by atoms with van der Waals surface area (Å²) >= 11 is 1.48. The van der Waals surface area contributed by atoms with Crippen molar-refractivity contribution in [1.82, 2.24) is 5.32 Å². The molecule has 0 radical (unpaired) electrons. The fourth-order valence-corrected chi connectivity index (χ4v) is 3.17.